The Morgan fingerprint density at radius 3 is 2.60 bits per heavy atom. The Hall–Kier alpha value is -0.830. The average molecular weight is 138 g/mol. The van der Waals surface area contributed by atoms with Crippen molar-refractivity contribution in [3.63, 3.8) is 0 Å². The van der Waals surface area contributed by atoms with E-state index in [1.807, 2.05) is 31.1 Å². The van der Waals surface area contributed by atoms with E-state index in [-0.39, 0.29) is 5.66 Å². The molecule has 0 aromatic rings. The molecule has 3 nitrogen and oxygen atoms in total. The van der Waals surface area contributed by atoms with Crippen molar-refractivity contribution in [2.45, 2.75) is 5.66 Å². The van der Waals surface area contributed by atoms with Crippen LogP contribution in [0.3, 0.4) is 0 Å². The molecule has 0 aromatic carbocycles. The van der Waals surface area contributed by atoms with Crippen molar-refractivity contribution in [2.24, 2.45) is 5.10 Å². The fraction of sp³-hybridized carbons (Fsp3) is 0.429. The Morgan fingerprint density at radius 2 is 2.30 bits per heavy atom. The molecular formula is C7H12N3. The molecule has 1 aliphatic heterocycles. The average Bonchev–Trinajstić information content (AvgIpc) is 1.89. The minimum absolute atomic E-state index is 0.366. The number of allylic oxidation sites excluding steroid dienone is 1. The van der Waals surface area contributed by atoms with Crippen LogP contribution in [-0.2, 0) is 0 Å². The first-order valence-corrected chi connectivity index (χ1v) is 3.16. The van der Waals surface area contributed by atoms with Crippen LogP contribution in [0.15, 0.2) is 17.3 Å². The molecule has 0 aromatic heterocycles. The van der Waals surface area contributed by atoms with Crippen molar-refractivity contribution < 1.29 is 0 Å². The second kappa shape index (κ2) is 2.42. The zero-order valence-electron chi connectivity index (χ0n) is 6.33. The molecule has 1 aliphatic rings. The van der Waals surface area contributed by atoms with E-state index in [9.17, 15) is 0 Å². The van der Waals surface area contributed by atoms with Gasteiger partial charge in [-0.2, -0.15) is 5.10 Å². The van der Waals surface area contributed by atoms with Gasteiger partial charge in [0.2, 0.25) is 0 Å². The number of hydrazone groups is 1. The van der Waals surface area contributed by atoms with E-state index in [1.54, 1.807) is 6.21 Å². The van der Waals surface area contributed by atoms with Crippen molar-refractivity contribution in [1.82, 2.24) is 10.3 Å². The largest absolute Gasteiger partial charge is 0.286 e. The van der Waals surface area contributed by atoms with Crippen LogP contribution >= 0.6 is 0 Å². The van der Waals surface area contributed by atoms with Crippen LogP contribution in [0, 0.1) is 6.92 Å². The van der Waals surface area contributed by atoms with Gasteiger partial charge in [0.05, 0.1) is 0 Å². The number of nitrogens with one attached hydrogen (secondary N) is 1. The maximum absolute atomic E-state index is 3.94. The van der Waals surface area contributed by atoms with Crippen LogP contribution < -0.4 is 5.43 Å². The Kier molecular flexibility index (Phi) is 1.76. The number of hydrogen-bond acceptors (Lipinski definition) is 3. The second-order valence-corrected chi connectivity index (χ2v) is 2.57. The van der Waals surface area contributed by atoms with Crippen LogP contribution in [0.4, 0.5) is 0 Å². The van der Waals surface area contributed by atoms with Gasteiger partial charge in [-0.3, -0.25) is 10.3 Å². The number of rotatable bonds is 1. The van der Waals surface area contributed by atoms with E-state index in [4.69, 9.17) is 0 Å². The lowest BCUT2D eigenvalue weighted by Gasteiger charge is -2.33. The van der Waals surface area contributed by atoms with E-state index in [0.717, 1.165) is 0 Å². The zero-order chi connectivity index (χ0) is 7.61. The summed E-state index contributed by atoms with van der Waals surface area (Å²) in [6, 6.07) is 0. The topological polar surface area (TPSA) is 27.6 Å². The molecule has 3 heteroatoms. The highest BCUT2D eigenvalue weighted by atomic mass is 15.4. The van der Waals surface area contributed by atoms with Gasteiger partial charge in [-0.05, 0) is 33.2 Å². The van der Waals surface area contributed by atoms with Crippen LogP contribution in [0.25, 0.3) is 0 Å². The van der Waals surface area contributed by atoms with E-state index >= 15 is 0 Å². The molecule has 1 rings (SSSR count). The maximum Gasteiger partial charge on any atom is 0.126 e. The summed E-state index contributed by atoms with van der Waals surface area (Å²) in [5, 5.41) is 3.89. The lowest BCUT2D eigenvalue weighted by atomic mass is 10.1. The monoisotopic (exact) mass is 138 g/mol. The minimum Gasteiger partial charge on any atom is -0.286 e. The lowest BCUT2D eigenvalue weighted by molar-refractivity contribution is 0.213. The summed E-state index contributed by atoms with van der Waals surface area (Å²) in [6.07, 6.45) is 5.54. The van der Waals surface area contributed by atoms with Gasteiger partial charge in [0.15, 0.2) is 0 Å². The molecule has 1 unspecified atom stereocenters. The summed E-state index contributed by atoms with van der Waals surface area (Å²) in [5.41, 5.74) is 2.53. The highest BCUT2D eigenvalue weighted by Gasteiger charge is 2.23. The Morgan fingerprint density at radius 1 is 1.60 bits per heavy atom. The van der Waals surface area contributed by atoms with Crippen LogP contribution in [0.1, 0.15) is 0 Å². The SMILES string of the molecule is [CH2]C1(N(C)C)C=CC=NN1. The van der Waals surface area contributed by atoms with E-state index in [0.29, 0.717) is 0 Å². The lowest BCUT2D eigenvalue weighted by Crippen LogP contribution is -2.51. The second-order valence-electron chi connectivity index (χ2n) is 2.57. The predicted octanol–water partition coefficient (Wildman–Crippen LogP) is 0.224. The third-order valence-corrected chi connectivity index (χ3v) is 1.59. The summed E-state index contributed by atoms with van der Waals surface area (Å²) >= 11 is 0. The molecule has 1 N–H and O–H groups in total. The third kappa shape index (κ3) is 1.19. The molecule has 0 fully saturated rings. The minimum atomic E-state index is -0.366. The molecule has 0 saturated carbocycles. The fourth-order valence-electron chi connectivity index (χ4n) is 0.681. The molecule has 55 valence electrons. The quantitative estimate of drug-likeness (QED) is 0.561. The summed E-state index contributed by atoms with van der Waals surface area (Å²) in [4.78, 5) is 1.96. The van der Waals surface area contributed by atoms with Crippen molar-refractivity contribution in [2.75, 3.05) is 14.1 Å². The Balaban J connectivity index is 2.70. The van der Waals surface area contributed by atoms with Gasteiger partial charge in [0.25, 0.3) is 0 Å². The van der Waals surface area contributed by atoms with E-state index in [2.05, 4.69) is 17.5 Å². The Bertz CT molecular complexity index is 172. The normalized spacial score (nSPS) is 30.8. The summed E-state index contributed by atoms with van der Waals surface area (Å²) in [7, 11) is 3.90. The smallest absolute Gasteiger partial charge is 0.126 e. The molecular weight excluding hydrogens is 126 g/mol. The number of hydrogen-bond donors (Lipinski definition) is 1. The van der Waals surface area contributed by atoms with Gasteiger partial charge < -0.3 is 0 Å². The number of nitrogens with zero attached hydrogens (tertiary/aromatic N) is 2. The highest BCUT2D eigenvalue weighted by Crippen LogP contribution is 2.09. The van der Waals surface area contributed by atoms with Gasteiger partial charge in [0.1, 0.15) is 5.66 Å². The van der Waals surface area contributed by atoms with Crippen molar-refractivity contribution >= 4 is 6.21 Å². The van der Waals surface area contributed by atoms with Crippen LogP contribution in [0.5, 0.6) is 0 Å². The fourth-order valence-corrected chi connectivity index (χ4v) is 0.681. The standard InChI is InChI=1S/C7H12N3/c1-7(10(2)3)5-4-6-8-9-7/h4-6,9H,1H2,2-3H3. The van der Waals surface area contributed by atoms with Crippen molar-refractivity contribution in [1.29, 1.82) is 0 Å². The van der Waals surface area contributed by atoms with Crippen molar-refractivity contribution in [3.05, 3.63) is 19.1 Å². The molecule has 0 aliphatic carbocycles. The summed E-state index contributed by atoms with van der Waals surface area (Å²) < 4.78 is 0. The molecule has 0 saturated heterocycles. The van der Waals surface area contributed by atoms with Crippen molar-refractivity contribution in [3.8, 4) is 0 Å². The molecule has 1 atom stereocenters. The van der Waals surface area contributed by atoms with Gasteiger partial charge in [-0.1, -0.05) is 0 Å². The summed E-state index contributed by atoms with van der Waals surface area (Å²) in [6.45, 7) is 3.94. The maximum atomic E-state index is 3.94. The van der Waals surface area contributed by atoms with Crippen LogP contribution in [-0.4, -0.2) is 30.9 Å². The van der Waals surface area contributed by atoms with Gasteiger partial charge in [0, 0.05) is 6.21 Å². The molecule has 1 radical (unpaired) electrons. The van der Waals surface area contributed by atoms with E-state index in [1.165, 1.54) is 0 Å². The van der Waals surface area contributed by atoms with Crippen LogP contribution in [0.2, 0.25) is 0 Å². The Labute approximate surface area is 61.4 Å². The van der Waals surface area contributed by atoms with Gasteiger partial charge in [-0.15, -0.1) is 0 Å². The molecule has 1 heterocycles. The summed E-state index contributed by atoms with van der Waals surface area (Å²) in [5.74, 6) is 0. The first-order chi connectivity index (χ1) is 4.65. The third-order valence-electron chi connectivity index (χ3n) is 1.59. The molecule has 0 spiro atoms. The first-order valence-electron chi connectivity index (χ1n) is 3.16. The molecule has 0 bridgehead atoms. The van der Waals surface area contributed by atoms with Gasteiger partial charge >= 0.3 is 0 Å². The highest BCUT2D eigenvalue weighted by molar-refractivity contribution is 5.72. The molecule has 10 heavy (non-hydrogen) atoms. The van der Waals surface area contributed by atoms with E-state index < -0.39 is 0 Å². The first kappa shape index (κ1) is 7.28. The molecule has 0 amide bonds. The number of likely N-dealkylation sites (N-methyl/N-ethyl adjacent to an activating group) is 1. The zero-order valence-corrected chi connectivity index (χ0v) is 6.33. The predicted molar refractivity (Wildman–Crippen MR) is 42.5 cm³/mol. The van der Waals surface area contributed by atoms with Gasteiger partial charge in [-0.25, -0.2) is 0 Å².